The van der Waals surface area contributed by atoms with E-state index in [0.29, 0.717) is 0 Å². The molecular weight excluding hydrogens is 340 g/mol. The molecule has 0 aromatic heterocycles. The maximum Gasteiger partial charge on any atom is 0.340 e. The summed E-state index contributed by atoms with van der Waals surface area (Å²) in [6.45, 7) is 3.66. The van der Waals surface area contributed by atoms with Gasteiger partial charge in [0.15, 0.2) is 0 Å². The van der Waals surface area contributed by atoms with Crippen LogP contribution in [0.5, 0.6) is 5.75 Å². The summed E-state index contributed by atoms with van der Waals surface area (Å²) in [4.78, 5) is 11.3. The molecule has 0 unspecified atom stereocenters. The monoisotopic (exact) mass is 354 g/mol. The minimum absolute atomic E-state index is 0.0398. The second kappa shape index (κ2) is 6.60. The van der Waals surface area contributed by atoms with Crippen molar-refractivity contribution in [2.45, 2.75) is 18.7 Å². The van der Waals surface area contributed by atoms with Crippen LogP contribution in [0.15, 0.2) is 41.3 Å². The second-order valence-corrected chi connectivity index (χ2v) is 6.92. The van der Waals surface area contributed by atoms with Crippen molar-refractivity contribution >= 4 is 27.7 Å². The number of hydrogen-bond donors (Lipinski definition) is 0. The van der Waals surface area contributed by atoms with Crippen molar-refractivity contribution in [2.24, 2.45) is 0 Å². The van der Waals surface area contributed by atoms with Gasteiger partial charge >= 0.3 is 16.1 Å². The fourth-order valence-electron chi connectivity index (χ4n) is 2.09. The molecule has 23 heavy (non-hydrogen) atoms. The highest BCUT2D eigenvalue weighted by Crippen LogP contribution is 2.27. The van der Waals surface area contributed by atoms with Crippen LogP contribution in [0, 0.1) is 13.8 Å². The number of carbonyl (C=O) groups is 1. The van der Waals surface area contributed by atoms with Crippen LogP contribution in [-0.4, -0.2) is 21.5 Å². The highest BCUT2D eigenvalue weighted by Gasteiger charge is 2.23. The first-order chi connectivity index (χ1) is 10.7. The van der Waals surface area contributed by atoms with E-state index in [9.17, 15) is 13.2 Å². The summed E-state index contributed by atoms with van der Waals surface area (Å²) < 4.78 is 34.6. The van der Waals surface area contributed by atoms with Crippen LogP contribution < -0.4 is 4.18 Å². The number of aryl methyl sites for hydroxylation is 2. The third-order valence-electron chi connectivity index (χ3n) is 3.02. The Balaban J connectivity index is 2.45. The number of carbonyl (C=O) groups excluding carboxylic acids is 1. The van der Waals surface area contributed by atoms with Gasteiger partial charge in [0.25, 0.3) is 0 Å². The molecule has 2 aromatic carbocycles. The van der Waals surface area contributed by atoms with E-state index in [1.54, 1.807) is 12.1 Å². The van der Waals surface area contributed by atoms with Crippen LogP contribution in [0.4, 0.5) is 0 Å². The Labute approximate surface area is 139 Å². The van der Waals surface area contributed by atoms with Gasteiger partial charge in [0, 0.05) is 0 Å². The summed E-state index contributed by atoms with van der Waals surface area (Å²) in [5.41, 5.74) is 1.80. The normalized spacial score (nSPS) is 11.1. The Morgan fingerprint density at radius 2 is 1.65 bits per heavy atom. The Hall–Kier alpha value is -2.05. The van der Waals surface area contributed by atoms with Gasteiger partial charge in [-0.2, -0.15) is 8.42 Å². The molecule has 2 aromatic rings. The lowest BCUT2D eigenvalue weighted by molar-refractivity contribution is 0.0600. The Morgan fingerprint density at radius 3 is 2.22 bits per heavy atom. The molecular formula is C16H15ClO5S. The summed E-state index contributed by atoms with van der Waals surface area (Å²) in [5.74, 6) is -0.480. The highest BCUT2D eigenvalue weighted by molar-refractivity contribution is 7.87. The van der Waals surface area contributed by atoms with E-state index < -0.39 is 16.1 Å². The standard InChI is InChI=1S/C16H15ClO5S/c1-10-6-11(2)8-13(7-10)22-23(19,20)15-9-12(16(18)21-3)4-5-14(15)17/h4-9H,1-3H3. The molecule has 0 aliphatic rings. The maximum absolute atomic E-state index is 12.4. The number of halogens is 1. The highest BCUT2D eigenvalue weighted by atomic mass is 35.5. The molecule has 0 radical (unpaired) electrons. The van der Waals surface area contributed by atoms with Crippen molar-refractivity contribution in [1.29, 1.82) is 0 Å². The Morgan fingerprint density at radius 1 is 1.04 bits per heavy atom. The first kappa shape index (κ1) is 17.3. The zero-order valence-electron chi connectivity index (χ0n) is 12.8. The molecule has 0 fully saturated rings. The van der Waals surface area contributed by atoms with Crippen LogP contribution in [-0.2, 0) is 14.9 Å². The van der Waals surface area contributed by atoms with E-state index in [4.69, 9.17) is 15.8 Å². The van der Waals surface area contributed by atoms with Crippen LogP contribution in [0.25, 0.3) is 0 Å². The quantitative estimate of drug-likeness (QED) is 0.620. The molecule has 0 amide bonds. The molecule has 0 N–H and O–H groups in total. The number of hydrogen-bond acceptors (Lipinski definition) is 5. The first-order valence-corrected chi connectivity index (χ1v) is 8.42. The number of methoxy groups -OCH3 is 1. The topological polar surface area (TPSA) is 69.7 Å². The number of ether oxygens (including phenoxy) is 1. The van der Waals surface area contributed by atoms with Gasteiger partial charge in [-0.05, 0) is 55.3 Å². The molecule has 2 rings (SSSR count). The third-order valence-corrected chi connectivity index (χ3v) is 4.75. The van der Waals surface area contributed by atoms with Gasteiger partial charge < -0.3 is 8.92 Å². The maximum atomic E-state index is 12.4. The van der Waals surface area contributed by atoms with Crippen LogP contribution in [0.2, 0.25) is 5.02 Å². The van der Waals surface area contributed by atoms with Crippen molar-refractivity contribution in [2.75, 3.05) is 7.11 Å². The minimum Gasteiger partial charge on any atom is -0.465 e. The zero-order chi connectivity index (χ0) is 17.2. The number of benzene rings is 2. The zero-order valence-corrected chi connectivity index (χ0v) is 14.4. The smallest absolute Gasteiger partial charge is 0.340 e. The van der Waals surface area contributed by atoms with Crippen molar-refractivity contribution in [3.63, 3.8) is 0 Å². The van der Waals surface area contributed by atoms with Crippen LogP contribution >= 0.6 is 11.6 Å². The molecule has 122 valence electrons. The van der Waals surface area contributed by atoms with Gasteiger partial charge in [0.2, 0.25) is 0 Å². The van der Waals surface area contributed by atoms with Crippen molar-refractivity contribution < 1.29 is 22.1 Å². The largest absolute Gasteiger partial charge is 0.465 e. The average Bonchev–Trinajstić information content (AvgIpc) is 2.45. The third kappa shape index (κ3) is 4.03. The summed E-state index contributed by atoms with van der Waals surface area (Å²) in [5, 5.41) is -0.0398. The van der Waals surface area contributed by atoms with Crippen LogP contribution in [0.1, 0.15) is 21.5 Å². The summed E-state index contributed by atoms with van der Waals surface area (Å²) in [7, 11) is -2.98. The molecule has 0 bridgehead atoms. The molecule has 0 saturated heterocycles. The van der Waals surface area contributed by atoms with Gasteiger partial charge in [-0.3, -0.25) is 0 Å². The van der Waals surface area contributed by atoms with Crippen molar-refractivity contribution in [3.05, 3.63) is 58.1 Å². The minimum atomic E-state index is -4.18. The van der Waals surface area contributed by atoms with Gasteiger partial charge in [-0.25, -0.2) is 4.79 Å². The van der Waals surface area contributed by atoms with Gasteiger partial charge in [-0.1, -0.05) is 17.7 Å². The average molecular weight is 355 g/mol. The molecule has 0 aliphatic heterocycles. The van der Waals surface area contributed by atoms with Crippen molar-refractivity contribution in [3.8, 4) is 5.75 Å². The fraction of sp³-hybridized carbons (Fsp3) is 0.188. The molecule has 0 aliphatic carbocycles. The summed E-state index contributed by atoms with van der Waals surface area (Å²) >= 11 is 5.95. The molecule has 0 spiro atoms. The molecule has 0 atom stereocenters. The van der Waals surface area contributed by atoms with Crippen LogP contribution in [0.3, 0.4) is 0 Å². The van der Waals surface area contributed by atoms with E-state index in [2.05, 4.69) is 4.74 Å². The Kier molecular flexibility index (Phi) is 4.97. The second-order valence-electron chi connectivity index (χ2n) is 5.00. The summed E-state index contributed by atoms with van der Waals surface area (Å²) in [6.07, 6.45) is 0. The van der Waals surface area contributed by atoms with Gasteiger partial charge in [-0.15, -0.1) is 0 Å². The lowest BCUT2D eigenvalue weighted by atomic mass is 10.1. The molecule has 0 saturated carbocycles. The SMILES string of the molecule is COC(=O)c1ccc(Cl)c(S(=O)(=O)Oc2cc(C)cc(C)c2)c1. The van der Waals surface area contributed by atoms with E-state index in [1.165, 1.54) is 19.2 Å². The predicted molar refractivity (Wildman–Crippen MR) is 86.5 cm³/mol. The predicted octanol–water partition coefficient (Wildman–Crippen LogP) is 3.51. The molecule has 7 heteroatoms. The lowest BCUT2D eigenvalue weighted by Crippen LogP contribution is -2.12. The van der Waals surface area contributed by atoms with Gasteiger partial charge in [0.1, 0.15) is 10.6 Å². The molecule has 5 nitrogen and oxygen atoms in total. The molecule has 0 heterocycles. The van der Waals surface area contributed by atoms with E-state index >= 15 is 0 Å². The van der Waals surface area contributed by atoms with E-state index in [1.807, 2.05) is 19.9 Å². The number of rotatable bonds is 4. The van der Waals surface area contributed by atoms with E-state index in [-0.39, 0.29) is 21.2 Å². The lowest BCUT2D eigenvalue weighted by Gasteiger charge is -2.11. The fourth-order valence-corrected chi connectivity index (χ4v) is 3.51. The van der Waals surface area contributed by atoms with Crippen molar-refractivity contribution in [1.82, 2.24) is 0 Å². The number of esters is 1. The summed E-state index contributed by atoms with van der Waals surface area (Å²) in [6, 6.07) is 8.91. The first-order valence-electron chi connectivity index (χ1n) is 6.63. The van der Waals surface area contributed by atoms with Gasteiger partial charge in [0.05, 0.1) is 17.7 Å². The van der Waals surface area contributed by atoms with E-state index in [0.717, 1.165) is 17.2 Å². The Bertz CT molecular complexity index is 839.